The van der Waals surface area contributed by atoms with Crippen molar-refractivity contribution in [1.82, 2.24) is 29.9 Å². The molecule has 2 heterocycles. The zero-order valence-corrected chi connectivity index (χ0v) is 14.7. The maximum atomic E-state index is 12.8. The summed E-state index contributed by atoms with van der Waals surface area (Å²) in [4.78, 5) is 28.6. The van der Waals surface area contributed by atoms with E-state index in [0.717, 1.165) is 31.5 Å². The van der Waals surface area contributed by atoms with Gasteiger partial charge in [0.25, 0.3) is 5.91 Å². The fourth-order valence-electron chi connectivity index (χ4n) is 3.56. The molecule has 1 atom stereocenters. The number of amides is 3. The Hall–Kier alpha value is -2.12. The highest BCUT2D eigenvalue weighted by atomic mass is 16.2. The predicted molar refractivity (Wildman–Crippen MR) is 88.3 cm³/mol. The van der Waals surface area contributed by atoms with Gasteiger partial charge in [-0.3, -0.25) is 4.79 Å². The maximum absolute atomic E-state index is 12.8. The van der Waals surface area contributed by atoms with Gasteiger partial charge in [-0.05, 0) is 19.8 Å². The molecule has 1 unspecified atom stereocenters. The Balaban J connectivity index is 1.82. The summed E-state index contributed by atoms with van der Waals surface area (Å²) in [6.45, 7) is 2.96. The number of hydrogen-bond donors (Lipinski definition) is 1. The van der Waals surface area contributed by atoms with E-state index < -0.39 is 6.04 Å². The monoisotopic (exact) mass is 334 g/mol. The number of rotatable bonds is 2. The maximum Gasteiger partial charge on any atom is 0.318 e. The molecule has 1 N–H and O–H groups in total. The van der Waals surface area contributed by atoms with Gasteiger partial charge in [0.15, 0.2) is 11.9 Å². The van der Waals surface area contributed by atoms with E-state index in [1.165, 1.54) is 11.3 Å². The molecule has 0 spiro atoms. The number of aromatic nitrogens is 3. The Morgan fingerprint density at radius 2 is 1.83 bits per heavy atom. The zero-order chi connectivity index (χ0) is 17.3. The summed E-state index contributed by atoms with van der Waals surface area (Å²) in [5.74, 6) is 1.17. The average molecular weight is 334 g/mol. The standard InChI is InChI=1S/C16H26N6O2/c1-11-18-19-14-13(15(23)20(2)3)22(10-9-21(11)14)16(24)17-12-7-5-4-6-8-12/h12-13H,4-10H2,1-3H3,(H,17,24). The van der Waals surface area contributed by atoms with Crippen LogP contribution in [0.25, 0.3) is 0 Å². The van der Waals surface area contributed by atoms with Crippen molar-refractivity contribution in [3.05, 3.63) is 11.6 Å². The number of urea groups is 1. The van der Waals surface area contributed by atoms with Gasteiger partial charge in [-0.25, -0.2) is 4.79 Å². The second-order valence-corrected chi connectivity index (χ2v) is 6.87. The Morgan fingerprint density at radius 1 is 1.12 bits per heavy atom. The number of hydrogen-bond acceptors (Lipinski definition) is 4. The third kappa shape index (κ3) is 3.09. The highest BCUT2D eigenvalue weighted by Gasteiger charge is 2.40. The fourth-order valence-corrected chi connectivity index (χ4v) is 3.56. The molecular formula is C16H26N6O2. The Kier molecular flexibility index (Phi) is 4.73. The van der Waals surface area contributed by atoms with Gasteiger partial charge in [-0.15, -0.1) is 10.2 Å². The summed E-state index contributed by atoms with van der Waals surface area (Å²) in [7, 11) is 3.39. The van der Waals surface area contributed by atoms with Crippen LogP contribution in [0.1, 0.15) is 49.8 Å². The van der Waals surface area contributed by atoms with Crippen LogP contribution in [0.4, 0.5) is 4.79 Å². The van der Waals surface area contributed by atoms with Gasteiger partial charge >= 0.3 is 6.03 Å². The van der Waals surface area contributed by atoms with Crippen LogP contribution in [0.3, 0.4) is 0 Å². The molecule has 132 valence electrons. The van der Waals surface area contributed by atoms with E-state index in [9.17, 15) is 9.59 Å². The smallest absolute Gasteiger partial charge is 0.318 e. The van der Waals surface area contributed by atoms with Crippen LogP contribution in [0, 0.1) is 6.92 Å². The molecule has 2 aliphatic rings. The van der Waals surface area contributed by atoms with Crippen molar-refractivity contribution < 1.29 is 9.59 Å². The Labute approximate surface area is 142 Å². The fraction of sp³-hybridized carbons (Fsp3) is 0.750. The number of nitrogens with zero attached hydrogens (tertiary/aromatic N) is 5. The molecule has 1 saturated carbocycles. The van der Waals surface area contributed by atoms with Crippen LogP contribution in [0.2, 0.25) is 0 Å². The first-order valence-electron chi connectivity index (χ1n) is 8.67. The SMILES string of the molecule is Cc1nnc2n1CCN(C(=O)NC1CCCCC1)C2C(=O)N(C)C. The van der Waals surface area contributed by atoms with Crippen molar-refractivity contribution in [3.63, 3.8) is 0 Å². The van der Waals surface area contributed by atoms with Crippen molar-refractivity contribution in [3.8, 4) is 0 Å². The Morgan fingerprint density at radius 3 is 2.50 bits per heavy atom. The molecule has 0 bridgehead atoms. The molecule has 1 aromatic rings. The highest BCUT2D eigenvalue weighted by molar-refractivity contribution is 5.87. The third-order valence-electron chi connectivity index (χ3n) is 4.95. The minimum Gasteiger partial charge on any atom is -0.347 e. The molecule has 3 amide bonds. The zero-order valence-electron chi connectivity index (χ0n) is 14.7. The number of fused-ring (bicyclic) bond motifs is 1. The van der Waals surface area contributed by atoms with Gasteiger partial charge in [0.05, 0.1) is 0 Å². The number of carbonyl (C=O) groups excluding carboxylic acids is 2. The lowest BCUT2D eigenvalue weighted by atomic mass is 9.95. The highest BCUT2D eigenvalue weighted by Crippen LogP contribution is 2.27. The van der Waals surface area contributed by atoms with Gasteiger partial charge in [0, 0.05) is 33.2 Å². The molecule has 8 heteroatoms. The van der Waals surface area contributed by atoms with E-state index in [2.05, 4.69) is 15.5 Å². The number of aryl methyl sites for hydroxylation is 1. The van der Waals surface area contributed by atoms with E-state index in [4.69, 9.17) is 0 Å². The van der Waals surface area contributed by atoms with Gasteiger partial charge < -0.3 is 19.7 Å². The number of likely N-dealkylation sites (N-methyl/N-ethyl adjacent to an activating group) is 1. The van der Waals surface area contributed by atoms with Gasteiger partial charge in [0.1, 0.15) is 5.82 Å². The molecule has 1 aliphatic heterocycles. The lowest BCUT2D eigenvalue weighted by molar-refractivity contribution is -0.134. The topological polar surface area (TPSA) is 83.4 Å². The second kappa shape index (κ2) is 6.78. The molecule has 1 fully saturated rings. The molecule has 1 aliphatic carbocycles. The molecule has 24 heavy (non-hydrogen) atoms. The molecule has 0 aromatic carbocycles. The van der Waals surface area contributed by atoms with Crippen LogP contribution < -0.4 is 5.32 Å². The van der Waals surface area contributed by atoms with Crippen molar-refractivity contribution in [2.75, 3.05) is 20.6 Å². The van der Waals surface area contributed by atoms with Gasteiger partial charge in [-0.2, -0.15) is 0 Å². The molecular weight excluding hydrogens is 308 g/mol. The van der Waals surface area contributed by atoms with Crippen molar-refractivity contribution in [2.24, 2.45) is 0 Å². The van der Waals surface area contributed by atoms with Crippen LogP contribution in [-0.2, 0) is 11.3 Å². The van der Waals surface area contributed by atoms with Gasteiger partial charge in [-0.1, -0.05) is 19.3 Å². The molecule has 8 nitrogen and oxygen atoms in total. The van der Waals surface area contributed by atoms with Gasteiger partial charge in [0.2, 0.25) is 0 Å². The lowest BCUT2D eigenvalue weighted by Gasteiger charge is -2.37. The second-order valence-electron chi connectivity index (χ2n) is 6.87. The van der Waals surface area contributed by atoms with Crippen LogP contribution >= 0.6 is 0 Å². The Bertz CT molecular complexity index is 620. The van der Waals surface area contributed by atoms with Crippen LogP contribution in [-0.4, -0.2) is 63.2 Å². The van der Waals surface area contributed by atoms with Crippen LogP contribution in [0.15, 0.2) is 0 Å². The van der Waals surface area contributed by atoms with Crippen molar-refractivity contribution in [1.29, 1.82) is 0 Å². The lowest BCUT2D eigenvalue weighted by Crippen LogP contribution is -2.53. The third-order valence-corrected chi connectivity index (χ3v) is 4.95. The number of nitrogens with one attached hydrogen (secondary N) is 1. The van der Waals surface area contributed by atoms with E-state index in [1.807, 2.05) is 11.5 Å². The molecule has 1 aromatic heterocycles. The normalized spacial score (nSPS) is 21.3. The minimum absolute atomic E-state index is 0.151. The van der Waals surface area contributed by atoms with E-state index in [-0.39, 0.29) is 18.0 Å². The van der Waals surface area contributed by atoms with Crippen LogP contribution in [0.5, 0.6) is 0 Å². The molecule has 0 radical (unpaired) electrons. The van der Waals surface area contributed by atoms with E-state index in [1.54, 1.807) is 19.0 Å². The first-order chi connectivity index (χ1) is 11.5. The minimum atomic E-state index is -0.710. The van der Waals surface area contributed by atoms with Crippen molar-refractivity contribution in [2.45, 2.75) is 57.7 Å². The first kappa shape index (κ1) is 16.7. The molecule has 3 rings (SSSR count). The quantitative estimate of drug-likeness (QED) is 0.877. The largest absolute Gasteiger partial charge is 0.347 e. The summed E-state index contributed by atoms with van der Waals surface area (Å²) in [5, 5.41) is 11.4. The average Bonchev–Trinajstić information content (AvgIpc) is 2.95. The summed E-state index contributed by atoms with van der Waals surface area (Å²) >= 11 is 0. The van der Waals surface area contributed by atoms with E-state index >= 15 is 0 Å². The predicted octanol–water partition coefficient (Wildman–Crippen LogP) is 1.07. The van der Waals surface area contributed by atoms with E-state index in [0.29, 0.717) is 18.9 Å². The summed E-state index contributed by atoms with van der Waals surface area (Å²) in [5.41, 5.74) is 0. The summed E-state index contributed by atoms with van der Waals surface area (Å²) < 4.78 is 1.93. The molecule has 0 saturated heterocycles. The number of carbonyl (C=O) groups is 2. The summed E-state index contributed by atoms with van der Waals surface area (Å²) in [6, 6.07) is -0.671. The first-order valence-corrected chi connectivity index (χ1v) is 8.67. The summed E-state index contributed by atoms with van der Waals surface area (Å²) in [6.07, 6.45) is 5.57. The van der Waals surface area contributed by atoms with Crippen molar-refractivity contribution >= 4 is 11.9 Å².